The second-order valence-electron chi connectivity index (χ2n) is 5.99. The van der Waals surface area contributed by atoms with Crippen molar-refractivity contribution in [2.24, 2.45) is 5.92 Å². The summed E-state index contributed by atoms with van der Waals surface area (Å²) >= 11 is 0. The van der Waals surface area contributed by atoms with Crippen LogP contribution < -0.4 is 0 Å². The van der Waals surface area contributed by atoms with Crippen molar-refractivity contribution in [2.75, 3.05) is 26.2 Å². The Balaban J connectivity index is 2.18. The van der Waals surface area contributed by atoms with Crippen molar-refractivity contribution in [3.63, 3.8) is 0 Å². The van der Waals surface area contributed by atoms with Gasteiger partial charge < -0.3 is 9.64 Å². The molecule has 3 heteroatoms. The number of rotatable bonds is 6. The third-order valence-corrected chi connectivity index (χ3v) is 4.45. The molecule has 2 rings (SSSR count). The van der Waals surface area contributed by atoms with E-state index in [9.17, 15) is 5.26 Å². The second-order valence-corrected chi connectivity index (χ2v) is 5.99. The molecule has 0 saturated carbocycles. The minimum Gasteiger partial charge on any atom is -0.356 e. The average Bonchev–Trinajstić information content (AvgIpc) is 2.52. The highest BCUT2D eigenvalue weighted by Gasteiger charge is 2.39. The molecular formula is C18H26N2O. The molecule has 1 aromatic carbocycles. The van der Waals surface area contributed by atoms with Crippen molar-refractivity contribution in [3.05, 3.63) is 35.4 Å². The summed E-state index contributed by atoms with van der Waals surface area (Å²) in [4.78, 5) is 2.41. The quantitative estimate of drug-likeness (QED) is 0.804. The van der Waals surface area contributed by atoms with Gasteiger partial charge in [0.15, 0.2) is 5.60 Å². The zero-order valence-electron chi connectivity index (χ0n) is 13.4. The summed E-state index contributed by atoms with van der Waals surface area (Å²) in [7, 11) is 0. The van der Waals surface area contributed by atoms with Crippen LogP contribution >= 0.6 is 0 Å². The Morgan fingerprint density at radius 2 is 2.05 bits per heavy atom. The first-order valence-electron chi connectivity index (χ1n) is 8.01. The maximum absolute atomic E-state index is 9.80. The molecule has 0 N–H and O–H groups in total. The van der Waals surface area contributed by atoms with Crippen molar-refractivity contribution < 1.29 is 4.74 Å². The predicted molar refractivity (Wildman–Crippen MR) is 85.0 cm³/mol. The highest BCUT2D eigenvalue weighted by molar-refractivity contribution is 5.38. The summed E-state index contributed by atoms with van der Waals surface area (Å²) in [5, 5.41) is 9.80. The monoisotopic (exact) mass is 286 g/mol. The zero-order valence-corrected chi connectivity index (χ0v) is 13.4. The lowest BCUT2D eigenvalue weighted by Crippen LogP contribution is -2.38. The maximum Gasteiger partial charge on any atom is 0.180 e. The van der Waals surface area contributed by atoms with Crippen LogP contribution in [0, 0.1) is 17.2 Å². The summed E-state index contributed by atoms with van der Waals surface area (Å²) in [5.41, 5.74) is 1.58. The molecule has 0 fully saturated rings. The molecule has 0 spiro atoms. The molecule has 0 aromatic heterocycles. The lowest BCUT2D eigenvalue weighted by molar-refractivity contribution is -0.0341. The molecule has 0 unspecified atom stereocenters. The third-order valence-electron chi connectivity index (χ3n) is 4.45. The molecule has 3 nitrogen and oxygen atoms in total. The molecule has 1 aliphatic rings. The van der Waals surface area contributed by atoms with Crippen LogP contribution in [0.2, 0.25) is 0 Å². The van der Waals surface area contributed by atoms with Gasteiger partial charge in [0.05, 0.1) is 6.61 Å². The van der Waals surface area contributed by atoms with E-state index >= 15 is 0 Å². The van der Waals surface area contributed by atoms with Crippen LogP contribution in [0.4, 0.5) is 0 Å². The van der Waals surface area contributed by atoms with E-state index in [4.69, 9.17) is 4.74 Å². The van der Waals surface area contributed by atoms with Gasteiger partial charge in [0.25, 0.3) is 0 Å². The lowest BCUT2D eigenvalue weighted by Gasteiger charge is -2.36. The minimum atomic E-state index is -0.762. The second kappa shape index (κ2) is 7.06. The van der Waals surface area contributed by atoms with E-state index in [1.807, 2.05) is 12.1 Å². The number of nitrogens with zero attached hydrogens (tertiary/aromatic N) is 2. The van der Waals surface area contributed by atoms with Crippen LogP contribution in [0.3, 0.4) is 0 Å². The first-order chi connectivity index (χ1) is 10.1. The zero-order chi connectivity index (χ0) is 15.3. The molecule has 114 valence electrons. The predicted octanol–water partition coefficient (Wildman–Crippen LogP) is 3.35. The van der Waals surface area contributed by atoms with Gasteiger partial charge in [0, 0.05) is 12.1 Å². The first kappa shape index (κ1) is 16.0. The molecule has 1 heterocycles. The Morgan fingerprint density at radius 3 is 2.71 bits per heavy atom. The highest BCUT2D eigenvalue weighted by atomic mass is 16.5. The van der Waals surface area contributed by atoms with Gasteiger partial charge >= 0.3 is 0 Å². The van der Waals surface area contributed by atoms with Gasteiger partial charge in [-0.1, -0.05) is 45.0 Å². The molecule has 1 aromatic rings. The SMILES string of the molecule is CCN(CC)C[C@@H](C)C[C@@]1(C#N)OCCc2ccccc21. The van der Waals surface area contributed by atoms with Crippen molar-refractivity contribution in [1.29, 1.82) is 5.26 Å². The molecule has 0 saturated heterocycles. The number of hydrogen-bond acceptors (Lipinski definition) is 3. The van der Waals surface area contributed by atoms with Crippen molar-refractivity contribution >= 4 is 0 Å². The number of benzene rings is 1. The Kier molecular flexibility index (Phi) is 5.39. The fourth-order valence-corrected chi connectivity index (χ4v) is 3.33. The number of hydrogen-bond donors (Lipinski definition) is 0. The van der Waals surface area contributed by atoms with Gasteiger partial charge in [-0.3, -0.25) is 0 Å². The average molecular weight is 286 g/mol. The van der Waals surface area contributed by atoms with Gasteiger partial charge in [-0.05, 0) is 37.4 Å². The van der Waals surface area contributed by atoms with Crippen LogP contribution in [0.5, 0.6) is 0 Å². The summed E-state index contributed by atoms with van der Waals surface area (Å²) in [6, 6.07) is 10.7. The van der Waals surface area contributed by atoms with Gasteiger partial charge in [-0.25, -0.2) is 0 Å². The van der Waals surface area contributed by atoms with Gasteiger partial charge in [-0.15, -0.1) is 0 Å². The van der Waals surface area contributed by atoms with Crippen LogP contribution in [0.25, 0.3) is 0 Å². The molecular weight excluding hydrogens is 260 g/mol. The Hall–Kier alpha value is -1.37. The minimum absolute atomic E-state index is 0.427. The molecule has 1 aliphatic heterocycles. The van der Waals surface area contributed by atoms with Gasteiger partial charge in [-0.2, -0.15) is 5.26 Å². The number of ether oxygens (including phenoxy) is 1. The Bertz CT molecular complexity index is 504. The first-order valence-corrected chi connectivity index (χ1v) is 8.01. The summed E-state index contributed by atoms with van der Waals surface area (Å²) in [6.07, 6.45) is 1.67. The lowest BCUT2D eigenvalue weighted by atomic mass is 9.81. The van der Waals surface area contributed by atoms with Crippen LogP contribution in [-0.2, 0) is 16.8 Å². The van der Waals surface area contributed by atoms with E-state index in [2.05, 4.69) is 43.9 Å². The number of nitriles is 1. The van der Waals surface area contributed by atoms with Crippen LogP contribution in [0.1, 0.15) is 38.3 Å². The number of fused-ring (bicyclic) bond motifs is 1. The third kappa shape index (κ3) is 3.45. The van der Waals surface area contributed by atoms with Gasteiger partial charge in [0.1, 0.15) is 6.07 Å². The smallest absolute Gasteiger partial charge is 0.180 e. The van der Waals surface area contributed by atoms with E-state index in [0.717, 1.165) is 38.0 Å². The summed E-state index contributed by atoms with van der Waals surface area (Å²) in [5.74, 6) is 0.427. The van der Waals surface area contributed by atoms with Crippen LogP contribution in [-0.4, -0.2) is 31.1 Å². The highest BCUT2D eigenvalue weighted by Crippen LogP contribution is 2.37. The topological polar surface area (TPSA) is 36.3 Å². The van der Waals surface area contributed by atoms with Crippen molar-refractivity contribution in [1.82, 2.24) is 4.90 Å². The molecule has 2 atom stereocenters. The van der Waals surface area contributed by atoms with Crippen LogP contribution in [0.15, 0.2) is 24.3 Å². The van der Waals surface area contributed by atoms with Crippen molar-refractivity contribution in [2.45, 2.75) is 39.2 Å². The Labute approximate surface area is 128 Å². The van der Waals surface area contributed by atoms with E-state index in [-0.39, 0.29) is 0 Å². The standard InChI is InChI=1S/C18H26N2O/c1-4-20(5-2)13-15(3)12-18(14-19)17-9-7-6-8-16(17)10-11-21-18/h6-9,15H,4-5,10-13H2,1-3H3/t15-,18-/m0/s1. The molecule has 0 bridgehead atoms. The summed E-state index contributed by atoms with van der Waals surface area (Å²) in [6.45, 7) is 10.4. The van der Waals surface area contributed by atoms with Gasteiger partial charge in [0.2, 0.25) is 0 Å². The Morgan fingerprint density at radius 1 is 1.33 bits per heavy atom. The fourth-order valence-electron chi connectivity index (χ4n) is 3.33. The molecule has 0 amide bonds. The van der Waals surface area contributed by atoms with E-state index < -0.39 is 5.60 Å². The molecule has 21 heavy (non-hydrogen) atoms. The molecule has 0 aliphatic carbocycles. The maximum atomic E-state index is 9.80. The summed E-state index contributed by atoms with van der Waals surface area (Å²) < 4.78 is 5.98. The van der Waals surface area contributed by atoms with E-state index in [1.54, 1.807) is 0 Å². The normalized spacial score (nSPS) is 22.6. The van der Waals surface area contributed by atoms with E-state index in [0.29, 0.717) is 12.5 Å². The largest absolute Gasteiger partial charge is 0.356 e. The van der Waals surface area contributed by atoms with Crippen molar-refractivity contribution in [3.8, 4) is 6.07 Å². The van der Waals surface area contributed by atoms with E-state index in [1.165, 1.54) is 5.56 Å². The fraction of sp³-hybridized carbons (Fsp3) is 0.611. The molecule has 0 radical (unpaired) electrons.